The minimum Gasteiger partial charge on any atom is -0.369 e. The fourth-order valence-electron chi connectivity index (χ4n) is 1.69. The molecule has 0 saturated heterocycles. The Kier molecular flexibility index (Phi) is 5.70. The molecule has 17 heavy (non-hydrogen) atoms. The number of nitrogens with one attached hydrogen (secondary N) is 1. The molecule has 1 aromatic rings. The lowest BCUT2D eigenvalue weighted by Crippen LogP contribution is -2.29. The third-order valence-corrected chi connectivity index (χ3v) is 3.05. The van der Waals surface area contributed by atoms with Gasteiger partial charge in [-0.1, -0.05) is 38.1 Å². The first-order valence-corrected chi connectivity index (χ1v) is 6.21. The third-order valence-electron chi connectivity index (χ3n) is 3.05. The Labute approximate surface area is 103 Å². The van der Waals surface area contributed by atoms with Crippen LogP contribution in [0.15, 0.2) is 24.3 Å². The molecule has 3 N–H and O–H groups in total. The summed E-state index contributed by atoms with van der Waals surface area (Å²) >= 11 is 0. The molecule has 1 aromatic carbocycles. The predicted molar refractivity (Wildman–Crippen MR) is 70.9 cm³/mol. The van der Waals surface area contributed by atoms with E-state index in [1.165, 1.54) is 17.5 Å². The Balaban J connectivity index is 2.38. The fraction of sp³-hybridized carbons (Fsp3) is 0.500. The van der Waals surface area contributed by atoms with Gasteiger partial charge >= 0.3 is 0 Å². The Morgan fingerprint density at radius 2 is 2.00 bits per heavy atom. The van der Waals surface area contributed by atoms with Crippen LogP contribution in [0.5, 0.6) is 0 Å². The van der Waals surface area contributed by atoms with E-state index in [9.17, 15) is 4.79 Å². The lowest BCUT2D eigenvalue weighted by atomic mass is 9.97. The van der Waals surface area contributed by atoms with Gasteiger partial charge in [0.2, 0.25) is 5.91 Å². The van der Waals surface area contributed by atoms with E-state index < -0.39 is 0 Å². The molecule has 0 saturated carbocycles. The molecule has 0 fully saturated rings. The van der Waals surface area contributed by atoms with Gasteiger partial charge in [-0.25, -0.2) is 0 Å². The first-order chi connectivity index (χ1) is 8.13. The number of hydrogen-bond donors (Lipinski definition) is 2. The molecule has 0 radical (unpaired) electrons. The summed E-state index contributed by atoms with van der Waals surface area (Å²) < 4.78 is 0. The molecule has 0 aliphatic rings. The van der Waals surface area contributed by atoms with Crippen molar-refractivity contribution in [1.29, 1.82) is 0 Å². The summed E-state index contributed by atoms with van der Waals surface area (Å²) in [4.78, 5) is 10.5. The van der Waals surface area contributed by atoms with Crippen molar-refractivity contribution < 1.29 is 4.79 Å². The van der Waals surface area contributed by atoms with E-state index in [4.69, 9.17) is 5.73 Å². The van der Waals surface area contributed by atoms with Crippen molar-refractivity contribution in [3.8, 4) is 0 Å². The van der Waals surface area contributed by atoms with Gasteiger partial charge in [0.1, 0.15) is 0 Å². The first-order valence-electron chi connectivity index (χ1n) is 6.21. The van der Waals surface area contributed by atoms with Crippen LogP contribution in [0.3, 0.4) is 0 Å². The van der Waals surface area contributed by atoms with Crippen molar-refractivity contribution in [2.75, 3.05) is 13.1 Å². The third kappa shape index (κ3) is 5.00. The highest BCUT2D eigenvalue weighted by molar-refractivity contribution is 5.75. The molecular formula is C14H22N2O. The molecule has 0 aliphatic carbocycles. The maximum Gasteiger partial charge on any atom is 0.231 e. The van der Waals surface area contributed by atoms with Crippen molar-refractivity contribution in [2.24, 2.45) is 5.73 Å². The zero-order valence-electron chi connectivity index (χ0n) is 10.7. The van der Waals surface area contributed by atoms with Crippen molar-refractivity contribution in [3.63, 3.8) is 0 Å². The summed E-state index contributed by atoms with van der Waals surface area (Å²) in [6.45, 7) is 5.48. The second kappa shape index (κ2) is 7.07. The van der Waals surface area contributed by atoms with E-state index in [0.717, 1.165) is 13.0 Å². The van der Waals surface area contributed by atoms with Gasteiger partial charge in [0, 0.05) is 0 Å². The van der Waals surface area contributed by atoms with Gasteiger partial charge in [0.15, 0.2) is 0 Å². The van der Waals surface area contributed by atoms with Gasteiger partial charge in [-0.3, -0.25) is 4.79 Å². The predicted octanol–water partition coefficient (Wildman–Crippen LogP) is 1.82. The van der Waals surface area contributed by atoms with Crippen LogP contribution in [0.4, 0.5) is 0 Å². The molecule has 0 heterocycles. The van der Waals surface area contributed by atoms with Crippen LogP contribution >= 0.6 is 0 Å². The number of amides is 1. The van der Waals surface area contributed by atoms with Gasteiger partial charge in [-0.05, 0) is 36.4 Å². The summed E-state index contributed by atoms with van der Waals surface area (Å²) in [5, 5.41) is 3.01. The zero-order chi connectivity index (χ0) is 12.7. The van der Waals surface area contributed by atoms with Crippen LogP contribution in [0.1, 0.15) is 37.3 Å². The van der Waals surface area contributed by atoms with Gasteiger partial charge < -0.3 is 11.1 Å². The number of nitrogens with two attached hydrogens (primary N) is 1. The molecule has 3 heteroatoms. The highest BCUT2D eigenvalue weighted by atomic mass is 16.1. The highest BCUT2D eigenvalue weighted by Gasteiger charge is 2.02. The van der Waals surface area contributed by atoms with Crippen molar-refractivity contribution in [3.05, 3.63) is 35.4 Å². The van der Waals surface area contributed by atoms with Crippen molar-refractivity contribution in [1.82, 2.24) is 5.32 Å². The van der Waals surface area contributed by atoms with Crippen LogP contribution in [0.25, 0.3) is 0 Å². The van der Waals surface area contributed by atoms with E-state index in [0.29, 0.717) is 5.92 Å². The zero-order valence-corrected chi connectivity index (χ0v) is 10.7. The molecule has 0 aliphatic heterocycles. The number of carbonyl (C=O) groups is 1. The van der Waals surface area contributed by atoms with Crippen LogP contribution in [0.2, 0.25) is 0 Å². The van der Waals surface area contributed by atoms with E-state index >= 15 is 0 Å². The minimum atomic E-state index is -0.308. The maximum atomic E-state index is 10.5. The average Bonchev–Trinajstić information content (AvgIpc) is 2.34. The summed E-state index contributed by atoms with van der Waals surface area (Å²) in [5.41, 5.74) is 7.72. The van der Waals surface area contributed by atoms with Gasteiger partial charge in [0.25, 0.3) is 0 Å². The lowest BCUT2D eigenvalue weighted by Gasteiger charge is -2.09. The van der Waals surface area contributed by atoms with E-state index in [1.54, 1.807) is 0 Å². The summed E-state index contributed by atoms with van der Waals surface area (Å²) in [7, 11) is 0. The quantitative estimate of drug-likeness (QED) is 0.707. The Morgan fingerprint density at radius 1 is 1.35 bits per heavy atom. The normalized spacial score (nSPS) is 12.4. The molecule has 1 amide bonds. The van der Waals surface area contributed by atoms with Crippen molar-refractivity contribution >= 4 is 5.91 Å². The first kappa shape index (κ1) is 13.7. The topological polar surface area (TPSA) is 55.1 Å². The molecule has 1 atom stereocenters. The molecule has 0 aromatic heterocycles. The SMILES string of the molecule is CCC(C)c1ccc(CCNCC(N)=O)cc1. The van der Waals surface area contributed by atoms with Crippen LogP contribution < -0.4 is 11.1 Å². The lowest BCUT2D eigenvalue weighted by molar-refractivity contribution is -0.117. The smallest absolute Gasteiger partial charge is 0.231 e. The van der Waals surface area contributed by atoms with E-state index in [2.05, 4.69) is 43.4 Å². The summed E-state index contributed by atoms with van der Waals surface area (Å²) in [5.74, 6) is 0.314. The maximum absolute atomic E-state index is 10.5. The second-order valence-corrected chi connectivity index (χ2v) is 4.44. The molecule has 0 spiro atoms. The second-order valence-electron chi connectivity index (χ2n) is 4.44. The number of rotatable bonds is 7. The highest BCUT2D eigenvalue weighted by Crippen LogP contribution is 2.18. The summed E-state index contributed by atoms with van der Waals surface area (Å²) in [6.07, 6.45) is 2.09. The van der Waals surface area contributed by atoms with Gasteiger partial charge in [-0.2, -0.15) is 0 Å². The average molecular weight is 234 g/mol. The van der Waals surface area contributed by atoms with E-state index in [1.807, 2.05) is 0 Å². The monoisotopic (exact) mass is 234 g/mol. The number of carbonyl (C=O) groups excluding carboxylic acids is 1. The van der Waals surface area contributed by atoms with Crippen LogP contribution in [-0.4, -0.2) is 19.0 Å². The number of primary amides is 1. The van der Waals surface area contributed by atoms with E-state index in [-0.39, 0.29) is 12.5 Å². The Morgan fingerprint density at radius 3 is 2.53 bits per heavy atom. The van der Waals surface area contributed by atoms with Crippen LogP contribution in [-0.2, 0) is 11.2 Å². The van der Waals surface area contributed by atoms with Gasteiger partial charge in [-0.15, -0.1) is 0 Å². The molecule has 1 unspecified atom stereocenters. The fourth-order valence-corrected chi connectivity index (χ4v) is 1.69. The number of benzene rings is 1. The van der Waals surface area contributed by atoms with Crippen molar-refractivity contribution in [2.45, 2.75) is 32.6 Å². The van der Waals surface area contributed by atoms with Crippen LogP contribution in [0, 0.1) is 0 Å². The molecule has 0 bridgehead atoms. The minimum absolute atomic E-state index is 0.255. The molecular weight excluding hydrogens is 212 g/mol. The van der Waals surface area contributed by atoms with Gasteiger partial charge in [0.05, 0.1) is 6.54 Å². The Bertz CT molecular complexity index is 346. The largest absolute Gasteiger partial charge is 0.369 e. The molecule has 3 nitrogen and oxygen atoms in total. The standard InChI is InChI=1S/C14H22N2O/c1-3-11(2)13-6-4-12(5-7-13)8-9-16-10-14(15)17/h4-7,11,16H,3,8-10H2,1-2H3,(H2,15,17). The Hall–Kier alpha value is -1.35. The molecule has 1 rings (SSSR count). The molecule has 94 valence electrons. The summed E-state index contributed by atoms with van der Waals surface area (Å²) in [6, 6.07) is 8.70. The number of hydrogen-bond acceptors (Lipinski definition) is 2.